The van der Waals surface area contributed by atoms with Crippen LogP contribution in [-0.4, -0.2) is 29.9 Å². The van der Waals surface area contributed by atoms with E-state index in [4.69, 9.17) is 5.11 Å². The third-order valence-corrected chi connectivity index (χ3v) is 4.32. The van der Waals surface area contributed by atoms with E-state index in [9.17, 15) is 4.79 Å². The van der Waals surface area contributed by atoms with Crippen LogP contribution in [0.25, 0.3) is 0 Å². The lowest BCUT2D eigenvalue weighted by atomic mass is 10.2. The van der Waals surface area contributed by atoms with Crippen LogP contribution >= 0.6 is 27.7 Å². The minimum absolute atomic E-state index is 0.185. The minimum Gasteiger partial charge on any atom is -0.481 e. The van der Waals surface area contributed by atoms with Crippen LogP contribution in [0.3, 0.4) is 0 Å². The molecule has 92 valence electrons. The summed E-state index contributed by atoms with van der Waals surface area (Å²) >= 11 is 5.41. The predicted molar refractivity (Wildman–Crippen MR) is 74.1 cm³/mol. The third kappa shape index (κ3) is 2.96. The molecule has 0 saturated carbocycles. The van der Waals surface area contributed by atoms with Crippen molar-refractivity contribution in [1.82, 2.24) is 0 Å². The Hall–Kier alpha value is -0.680. The van der Waals surface area contributed by atoms with Gasteiger partial charge in [0.15, 0.2) is 0 Å². The molecule has 1 aromatic carbocycles. The van der Waals surface area contributed by atoms with Gasteiger partial charge in [0.25, 0.3) is 0 Å². The van der Waals surface area contributed by atoms with Crippen molar-refractivity contribution in [2.24, 2.45) is 0 Å². The Balaban J connectivity index is 2.27. The summed E-state index contributed by atoms with van der Waals surface area (Å²) in [5, 5.41) is 8.76. The van der Waals surface area contributed by atoms with Crippen molar-refractivity contribution >= 4 is 39.3 Å². The molecular weight excluding hydrogens is 302 g/mol. The average molecular weight is 316 g/mol. The van der Waals surface area contributed by atoms with Crippen LogP contribution in [-0.2, 0) is 4.79 Å². The first-order chi connectivity index (χ1) is 8.08. The SMILES string of the molecule is Cc1cc(Br)c2c(c1)SCCN2CCC(=O)O. The van der Waals surface area contributed by atoms with Crippen LogP contribution in [0.15, 0.2) is 21.5 Å². The standard InChI is InChI=1S/C12H14BrNO2S/c1-8-6-9(13)12-10(7-8)17-5-4-14(12)3-2-11(15)16/h6-7H,2-5H2,1H3,(H,15,16). The number of thioether (sulfide) groups is 1. The summed E-state index contributed by atoms with van der Waals surface area (Å²) in [7, 11) is 0. The zero-order chi connectivity index (χ0) is 12.4. The van der Waals surface area contributed by atoms with Crippen LogP contribution in [0.2, 0.25) is 0 Å². The fraction of sp³-hybridized carbons (Fsp3) is 0.417. The summed E-state index contributed by atoms with van der Waals surface area (Å²) in [5.41, 5.74) is 2.37. The quantitative estimate of drug-likeness (QED) is 0.930. The number of anilines is 1. The molecule has 2 rings (SSSR count). The second-order valence-electron chi connectivity index (χ2n) is 4.07. The molecule has 0 atom stereocenters. The Morgan fingerprint density at radius 3 is 3.06 bits per heavy atom. The van der Waals surface area contributed by atoms with E-state index in [2.05, 4.69) is 39.9 Å². The summed E-state index contributed by atoms with van der Waals surface area (Å²) in [4.78, 5) is 14.0. The largest absolute Gasteiger partial charge is 0.481 e. The average Bonchev–Trinajstić information content (AvgIpc) is 2.25. The number of aliphatic carboxylic acids is 1. The molecule has 0 saturated heterocycles. The Kier molecular flexibility index (Phi) is 3.99. The second-order valence-corrected chi connectivity index (χ2v) is 6.06. The highest BCUT2D eigenvalue weighted by Gasteiger charge is 2.20. The molecule has 5 heteroatoms. The molecular formula is C12H14BrNO2S. The van der Waals surface area contributed by atoms with Crippen LogP contribution < -0.4 is 4.90 Å². The van der Waals surface area contributed by atoms with Gasteiger partial charge in [0.1, 0.15) is 0 Å². The van der Waals surface area contributed by atoms with Gasteiger partial charge in [0.2, 0.25) is 0 Å². The van der Waals surface area contributed by atoms with Crippen molar-refractivity contribution in [1.29, 1.82) is 0 Å². The van der Waals surface area contributed by atoms with E-state index in [1.165, 1.54) is 10.5 Å². The van der Waals surface area contributed by atoms with Crippen molar-refractivity contribution in [3.8, 4) is 0 Å². The van der Waals surface area contributed by atoms with Crippen LogP contribution in [0.4, 0.5) is 5.69 Å². The first kappa shape index (κ1) is 12.8. The van der Waals surface area contributed by atoms with E-state index in [1.807, 2.05) is 11.8 Å². The summed E-state index contributed by atoms with van der Waals surface area (Å²) in [6.07, 6.45) is 0.185. The van der Waals surface area contributed by atoms with Gasteiger partial charge in [-0.3, -0.25) is 4.79 Å². The van der Waals surface area contributed by atoms with E-state index in [-0.39, 0.29) is 6.42 Å². The van der Waals surface area contributed by atoms with Gasteiger partial charge in [-0.25, -0.2) is 0 Å². The normalized spacial score (nSPS) is 14.6. The number of carboxylic acids is 1. The molecule has 0 aliphatic carbocycles. The van der Waals surface area contributed by atoms with Gasteiger partial charge in [0, 0.05) is 28.2 Å². The summed E-state index contributed by atoms with van der Waals surface area (Å²) in [6.45, 7) is 3.55. The van der Waals surface area contributed by atoms with Crippen LogP contribution in [0, 0.1) is 6.92 Å². The molecule has 0 unspecified atom stereocenters. The van der Waals surface area contributed by atoms with Gasteiger partial charge < -0.3 is 10.0 Å². The highest BCUT2D eigenvalue weighted by atomic mass is 79.9. The monoisotopic (exact) mass is 315 g/mol. The van der Waals surface area contributed by atoms with Crippen LogP contribution in [0.1, 0.15) is 12.0 Å². The Morgan fingerprint density at radius 2 is 2.35 bits per heavy atom. The topological polar surface area (TPSA) is 40.5 Å². The number of nitrogens with zero attached hydrogens (tertiary/aromatic N) is 1. The van der Waals surface area contributed by atoms with E-state index >= 15 is 0 Å². The van der Waals surface area contributed by atoms with Crippen molar-refractivity contribution < 1.29 is 9.90 Å². The number of fused-ring (bicyclic) bond motifs is 1. The summed E-state index contributed by atoms with van der Waals surface area (Å²) in [6, 6.07) is 4.25. The molecule has 0 spiro atoms. The van der Waals surface area contributed by atoms with Crippen molar-refractivity contribution in [2.75, 3.05) is 23.7 Å². The molecule has 1 N–H and O–H groups in total. The zero-order valence-corrected chi connectivity index (χ0v) is 12.0. The predicted octanol–water partition coefficient (Wildman–Crippen LogP) is 3.14. The molecule has 3 nitrogen and oxygen atoms in total. The number of halogens is 1. The molecule has 1 aromatic rings. The first-order valence-corrected chi connectivity index (χ1v) is 7.25. The highest BCUT2D eigenvalue weighted by Crippen LogP contribution is 2.40. The van der Waals surface area contributed by atoms with Crippen molar-refractivity contribution in [3.05, 3.63) is 22.2 Å². The van der Waals surface area contributed by atoms with Gasteiger partial charge in [-0.05, 0) is 40.5 Å². The maximum absolute atomic E-state index is 10.6. The van der Waals surface area contributed by atoms with Crippen molar-refractivity contribution in [2.45, 2.75) is 18.2 Å². The zero-order valence-electron chi connectivity index (χ0n) is 9.57. The maximum atomic E-state index is 10.6. The van der Waals surface area contributed by atoms with Gasteiger partial charge in [-0.1, -0.05) is 0 Å². The lowest BCUT2D eigenvalue weighted by Gasteiger charge is -2.31. The van der Waals surface area contributed by atoms with E-state index in [0.717, 1.165) is 22.5 Å². The fourth-order valence-corrected chi connectivity index (χ4v) is 4.08. The Morgan fingerprint density at radius 1 is 1.59 bits per heavy atom. The fourth-order valence-electron chi connectivity index (χ4n) is 1.95. The highest BCUT2D eigenvalue weighted by molar-refractivity contribution is 9.10. The lowest BCUT2D eigenvalue weighted by molar-refractivity contribution is -0.136. The molecule has 1 aliphatic heterocycles. The molecule has 0 fully saturated rings. The minimum atomic E-state index is -0.743. The number of hydrogen-bond acceptors (Lipinski definition) is 3. The van der Waals surface area contributed by atoms with Crippen molar-refractivity contribution in [3.63, 3.8) is 0 Å². The summed E-state index contributed by atoms with van der Waals surface area (Å²) < 4.78 is 1.06. The van der Waals surface area contributed by atoms with Crippen LogP contribution in [0.5, 0.6) is 0 Å². The number of carbonyl (C=O) groups is 1. The molecule has 0 amide bonds. The third-order valence-electron chi connectivity index (χ3n) is 2.70. The number of carboxylic acid groups (broad SMARTS) is 1. The number of hydrogen-bond donors (Lipinski definition) is 1. The molecule has 0 radical (unpaired) electrons. The number of benzene rings is 1. The van der Waals surface area contributed by atoms with Gasteiger partial charge in [0.05, 0.1) is 12.1 Å². The van der Waals surface area contributed by atoms with E-state index < -0.39 is 5.97 Å². The van der Waals surface area contributed by atoms with E-state index in [0.29, 0.717) is 6.54 Å². The van der Waals surface area contributed by atoms with Gasteiger partial charge in [-0.15, -0.1) is 11.8 Å². The van der Waals surface area contributed by atoms with E-state index in [1.54, 1.807) is 0 Å². The molecule has 1 heterocycles. The second kappa shape index (κ2) is 5.31. The molecule has 17 heavy (non-hydrogen) atoms. The Labute approximate surface area is 113 Å². The molecule has 0 aromatic heterocycles. The Bertz CT molecular complexity index is 450. The first-order valence-electron chi connectivity index (χ1n) is 5.47. The maximum Gasteiger partial charge on any atom is 0.305 e. The molecule has 0 bridgehead atoms. The molecule has 1 aliphatic rings. The van der Waals surface area contributed by atoms with Gasteiger partial charge in [-0.2, -0.15) is 0 Å². The summed E-state index contributed by atoms with van der Waals surface area (Å²) in [5.74, 6) is 0.274. The van der Waals surface area contributed by atoms with Gasteiger partial charge >= 0.3 is 5.97 Å². The lowest BCUT2D eigenvalue weighted by Crippen LogP contribution is -2.31. The number of rotatable bonds is 3. The smallest absolute Gasteiger partial charge is 0.305 e. The number of aryl methyl sites for hydroxylation is 1.